The summed E-state index contributed by atoms with van der Waals surface area (Å²) in [5.41, 5.74) is -0.123. The molecule has 1 amide bonds. The Labute approximate surface area is 113 Å². The minimum absolute atomic E-state index is 0.123. The van der Waals surface area contributed by atoms with Crippen LogP contribution in [-0.4, -0.2) is 31.7 Å². The number of amides is 1. The Morgan fingerprint density at radius 1 is 1.42 bits per heavy atom. The molecule has 0 unspecified atom stereocenters. The van der Waals surface area contributed by atoms with E-state index in [1.165, 1.54) is 11.4 Å². The molecule has 0 saturated carbocycles. The number of ether oxygens (including phenoxy) is 1. The molecule has 0 aliphatic carbocycles. The molecule has 0 aromatic carbocycles. The fourth-order valence-corrected chi connectivity index (χ4v) is 2.60. The van der Waals surface area contributed by atoms with Gasteiger partial charge in [-0.1, -0.05) is 0 Å². The standard InChI is InChI=1S/C9H12N2O6S2/c1-5(2)17-9(14)11-19(15,16)10-6-3-4-18-7(6)8(12)13/h3-5,10H,1-2H3,(H,11,14)(H,12,13). The highest BCUT2D eigenvalue weighted by Crippen LogP contribution is 2.22. The van der Waals surface area contributed by atoms with Crippen LogP contribution in [-0.2, 0) is 14.9 Å². The van der Waals surface area contributed by atoms with Crippen LogP contribution in [0.25, 0.3) is 0 Å². The van der Waals surface area contributed by atoms with E-state index in [0.717, 1.165) is 11.3 Å². The third-order valence-electron chi connectivity index (χ3n) is 1.66. The van der Waals surface area contributed by atoms with E-state index in [1.54, 1.807) is 18.6 Å². The van der Waals surface area contributed by atoms with E-state index in [-0.39, 0.29) is 10.6 Å². The molecule has 0 atom stereocenters. The van der Waals surface area contributed by atoms with Crippen molar-refractivity contribution in [2.75, 3.05) is 4.72 Å². The molecule has 8 nitrogen and oxygen atoms in total. The maximum atomic E-state index is 11.6. The Kier molecular flexibility index (Phi) is 4.72. The fraction of sp³-hybridized carbons (Fsp3) is 0.333. The molecule has 0 aliphatic rings. The van der Waals surface area contributed by atoms with Gasteiger partial charge in [0.25, 0.3) is 0 Å². The highest BCUT2D eigenvalue weighted by Gasteiger charge is 2.20. The number of thiophene rings is 1. The molecule has 10 heteroatoms. The molecule has 0 radical (unpaired) electrons. The van der Waals surface area contributed by atoms with Crippen LogP contribution in [0.2, 0.25) is 0 Å². The molecule has 19 heavy (non-hydrogen) atoms. The van der Waals surface area contributed by atoms with Crippen molar-refractivity contribution in [2.24, 2.45) is 0 Å². The largest absolute Gasteiger partial charge is 0.477 e. The summed E-state index contributed by atoms with van der Waals surface area (Å²) in [6.07, 6.45) is -1.62. The number of carboxylic acid groups (broad SMARTS) is 1. The van der Waals surface area contributed by atoms with Crippen LogP contribution in [0.3, 0.4) is 0 Å². The quantitative estimate of drug-likeness (QED) is 0.752. The van der Waals surface area contributed by atoms with E-state index in [0.29, 0.717) is 0 Å². The van der Waals surface area contributed by atoms with Crippen molar-refractivity contribution in [3.05, 3.63) is 16.3 Å². The lowest BCUT2D eigenvalue weighted by Crippen LogP contribution is -2.37. The summed E-state index contributed by atoms with van der Waals surface area (Å²) in [6, 6.07) is 1.28. The molecule has 1 aromatic heterocycles. The van der Waals surface area contributed by atoms with Crippen LogP contribution in [0.5, 0.6) is 0 Å². The Morgan fingerprint density at radius 2 is 2.05 bits per heavy atom. The number of anilines is 1. The first-order valence-corrected chi connectivity index (χ1v) is 7.39. The van der Waals surface area contributed by atoms with Gasteiger partial charge >= 0.3 is 22.3 Å². The van der Waals surface area contributed by atoms with Crippen LogP contribution in [0.1, 0.15) is 23.5 Å². The van der Waals surface area contributed by atoms with Gasteiger partial charge in [0.1, 0.15) is 4.88 Å². The van der Waals surface area contributed by atoms with Crippen molar-refractivity contribution >= 4 is 39.3 Å². The average molecular weight is 308 g/mol. The number of rotatable bonds is 5. The highest BCUT2D eigenvalue weighted by molar-refractivity contribution is 7.91. The van der Waals surface area contributed by atoms with Crippen LogP contribution >= 0.6 is 11.3 Å². The number of aromatic carboxylic acids is 1. The van der Waals surface area contributed by atoms with Crippen molar-refractivity contribution in [1.82, 2.24) is 4.72 Å². The summed E-state index contributed by atoms with van der Waals surface area (Å²) in [4.78, 5) is 21.8. The number of nitrogens with one attached hydrogen (secondary N) is 2. The monoisotopic (exact) mass is 308 g/mol. The zero-order chi connectivity index (χ0) is 14.6. The van der Waals surface area contributed by atoms with E-state index >= 15 is 0 Å². The van der Waals surface area contributed by atoms with Gasteiger partial charge in [0.05, 0.1) is 11.8 Å². The zero-order valence-electron chi connectivity index (χ0n) is 10.0. The van der Waals surface area contributed by atoms with Gasteiger partial charge in [-0.15, -0.1) is 11.3 Å². The first kappa shape index (κ1) is 15.2. The summed E-state index contributed by atoms with van der Waals surface area (Å²) >= 11 is 0.857. The fourth-order valence-electron chi connectivity index (χ4n) is 1.07. The Balaban J connectivity index is 2.77. The summed E-state index contributed by atoms with van der Waals surface area (Å²) in [5.74, 6) is -1.27. The van der Waals surface area contributed by atoms with Crippen LogP contribution in [0.4, 0.5) is 10.5 Å². The average Bonchev–Trinajstić information content (AvgIpc) is 2.61. The van der Waals surface area contributed by atoms with Gasteiger partial charge in [0, 0.05) is 0 Å². The molecule has 1 heterocycles. The van der Waals surface area contributed by atoms with E-state index < -0.39 is 28.4 Å². The molecule has 0 fully saturated rings. The van der Waals surface area contributed by atoms with Gasteiger partial charge < -0.3 is 9.84 Å². The molecule has 0 bridgehead atoms. The number of carbonyl (C=O) groups is 2. The van der Waals surface area contributed by atoms with Gasteiger partial charge in [-0.25, -0.2) is 14.3 Å². The van der Waals surface area contributed by atoms with Crippen LogP contribution in [0, 0.1) is 0 Å². The second kappa shape index (κ2) is 5.89. The summed E-state index contributed by atoms with van der Waals surface area (Å²) in [6.45, 7) is 3.11. The number of hydrogen-bond acceptors (Lipinski definition) is 6. The Bertz CT molecular complexity index is 577. The zero-order valence-corrected chi connectivity index (χ0v) is 11.7. The molecule has 3 N–H and O–H groups in total. The lowest BCUT2D eigenvalue weighted by molar-refractivity contribution is 0.0703. The third-order valence-corrected chi connectivity index (χ3v) is 3.49. The molecule has 0 spiro atoms. The lowest BCUT2D eigenvalue weighted by Gasteiger charge is -2.11. The molecule has 106 valence electrons. The summed E-state index contributed by atoms with van der Waals surface area (Å²) < 4.78 is 31.3. The smallest absolute Gasteiger partial charge is 0.422 e. The lowest BCUT2D eigenvalue weighted by atomic mass is 10.4. The van der Waals surface area contributed by atoms with Gasteiger partial charge in [-0.3, -0.25) is 4.72 Å². The number of carbonyl (C=O) groups excluding carboxylic acids is 1. The predicted molar refractivity (Wildman–Crippen MR) is 68.6 cm³/mol. The molecule has 0 aliphatic heterocycles. The molecule has 1 rings (SSSR count). The summed E-state index contributed by atoms with van der Waals surface area (Å²) in [7, 11) is -4.24. The normalized spacial score (nSPS) is 11.1. The second-order valence-electron chi connectivity index (χ2n) is 3.63. The van der Waals surface area contributed by atoms with Crippen molar-refractivity contribution in [3.63, 3.8) is 0 Å². The second-order valence-corrected chi connectivity index (χ2v) is 5.96. The first-order chi connectivity index (χ1) is 8.71. The van der Waals surface area contributed by atoms with Gasteiger partial charge in [0.15, 0.2) is 0 Å². The highest BCUT2D eigenvalue weighted by atomic mass is 32.2. The van der Waals surface area contributed by atoms with E-state index in [2.05, 4.69) is 4.74 Å². The van der Waals surface area contributed by atoms with Crippen molar-refractivity contribution in [2.45, 2.75) is 20.0 Å². The Hall–Kier alpha value is -1.81. The van der Waals surface area contributed by atoms with Crippen molar-refractivity contribution in [3.8, 4) is 0 Å². The maximum Gasteiger partial charge on any atom is 0.422 e. The molecule has 0 saturated heterocycles. The minimum Gasteiger partial charge on any atom is -0.477 e. The van der Waals surface area contributed by atoms with Gasteiger partial charge in [-0.2, -0.15) is 8.42 Å². The van der Waals surface area contributed by atoms with Crippen molar-refractivity contribution in [1.29, 1.82) is 0 Å². The predicted octanol–water partition coefficient (Wildman–Crippen LogP) is 1.24. The first-order valence-electron chi connectivity index (χ1n) is 5.03. The number of hydrogen-bond donors (Lipinski definition) is 3. The van der Waals surface area contributed by atoms with Gasteiger partial charge in [0.2, 0.25) is 0 Å². The van der Waals surface area contributed by atoms with Crippen LogP contribution in [0.15, 0.2) is 11.4 Å². The minimum atomic E-state index is -4.24. The summed E-state index contributed by atoms with van der Waals surface area (Å²) in [5, 5.41) is 10.2. The SMILES string of the molecule is CC(C)OC(=O)NS(=O)(=O)Nc1ccsc1C(=O)O. The molecule has 1 aromatic rings. The van der Waals surface area contributed by atoms with Crippen LogP contribution < -0.4 is 9.44 Å². The topological polar surface area (TPSA) is 122 Å². The Morgan fingerprint density at radius 3 is 2.58 bits per heavy atom. The third kappa shape index (κ3) is 4.75. The number of carboxylic acids is 1. The van der Waals surface area contributed by atoms with Crippen molar-refractivity contribution < 1.29 is 27.9 Å². The van der Waals surface area contributed by atoms with E-state index in [4.69, 9.17) is 5.11 Å². The molecular formula is C9H12N2O6S2. The van der Waals surface area contributed by atoms with Gasteiger partial charge in [-0.05, 0) is 25.3 Å². The maximum absolute atomic E-state index is 11.6. The van der Waals surface area contributed by atoms with E-state index in [1.807, 2.05) is 4.72 Å². The van der Waals surface area contributed by atoms with E-state index in [9.17, 15) is 18.0 Å². The molecular weight excluding hydrogens is 296 g/mol.